The van der Waals surface area contributed by atoms with Crippen molar-refractivity contribution in [2.75, 3.05) is 41.4 Å². The van der Waals surface area contributed by atoms with Crippen molar-refractivity contribution in [2.45, 2.75) is 6.54 Å². The molecule has 0 bridgehead atoms. The number of amides is 1. The minimum absolute atomic E-state index is 0.127. The van der Waals surface area contributed by atoms with Gasteiger partial charge in [0.05, 0.1) is 26.0 Å². The summed E-state index contributed by atoms with van der Waals surface area (Å²) >= 11 is 0. The maximum absolute atomic E-state index is 12.7. The van der Waals surface area contributed by atoms with E-state index in [-0.39, 0.29) is 5.91 Å². The van der Waals surface area contributed by atoms with Crippen LogP contribution in [0.5, 0.6) is 11.5 Å². The highest BCUT2D eigenvalue weighted by atomic mass is 16.5. The summed E-state index contributed by atoms with van der Waals surface area (Å²) in [5, 5.41) is 2.96. The van der Waals surface area contributed by atoms with Crippen LogP contribution in [0.3, 0.4) is 0 Å². The zero-order valence-corrected chi connectivity index (χ0v) is 16.1. The van der Waals surface area contributed by atoms with Crippen LogP contribution in [-0.2, 0) is 6.54 Å². The molecule has 1 amide bonds. The van der Waals surface area contributed by atoms with Crippen LogP contribution in [0.2, 0.25) is 0 Å². The molecule has 0 unspecified atom stereocenters. The first-order valence-electron chi connectivity index (χ1n) is 8.73. The second kappa shape index (κ2) is 8.18. The maximum atomic E-state index is 12.7. The SMILES string of the molecule is COc1cc(Cn2c(C(=O)NCCN(C)C)cc3occc32)cc(OC)c1. The van der Waals surface area contributed by atoms with Crippen LogP contribution >= 0.6 is 0 Å². The molecule has 0 radical (unpaired) electrons. The Kier molecular flexibility index (Phi) is 5.71. The lowest BCUT2D eigenvalue weighted by molar-refractivity contribution is 0.0942. The van der Waals surface area contributed by atoms with Crippen molar-refractivity contribution in [3.63, 3.8) is 0 Å². The van der Waals surface area contributed by atoms with Gasteiger partial charge >= 0.3 is 0 Å². The van der Waals surface area contributed by atoms with Gasteiger partial charge in [-0.15, -0.1) is 0 Å². The average Bonchev–Trinajstić information content (AvgIpc) is 3.23. The fourth-order valence-corrected chi connectivity index (χ4v) is 2.96. The number of furan rings is 1. The molecule has 0 saturated heterocycles. The Hall–Kier alpha value is -2.93. The number of rotatable bonds is 8. The second-order valence-electron chi connectivity index (χ2n) is 6.57. The van der Waals surface area contributed by atoms with Crippen molar-refractivity contribution >= 4 is 17.0 Å². The summed E-state index contributed by atoms with van der Waals surface area (Å²) in [6, 6.07) is 9.33. The molecule has 7 heteroatoms. The van der Waals surface area contributed by atoms with E-state index in [1.54, 1.807) is 26.5 Å². The van der Waals surface area contributed by atoms with E-state index in [4.69, 9.17) is 13.9 Å². The van der Waals surface area contributed by atoms with Gasteiger partial charge in [-0.1, -0.05) is 0 Å². The third kappa shape index (κ3) is 4.25. The number of methoxy groups -OCH3 is 2. The summed E-state index contributed by atoms with van der Waals surface area (Å²) in [5.41, 5.74) is 3.08. The molecule has 1 aromatic carbocycles. The van der Waals surface area contributed by atoms with E-state index in [1.165, 1.54) is 0 Å². The second-order valence-corrected chi connectivity index (χ2v) is 6.57. The van der Waals surface area contributed by atoms with E-state index in [9.17, 15) is 4.79 Å². The monoisotopic (exact) mass is 371 g/mol. The summed E-state index contributed by atoms with van der Waals surface area (Å²) < 4.78 is 18.1. The number of benzene rings is 1. The van der Waals surface area contributed by atoms with Gasteiger partial charge in [0.15, 0.2) is 5.58 Å². The van der Waals surface area contributed by atoms with Gasteiger partial charge in [0, 0.05) is 37.8 Å². The molecule has 3 rings (SSSR count). The van der Waals surface area contributed by atoms with Gasteiger partial charge in [0.2, 0.25) is 0 Å². The smallest absolute Gasteiger partial charge is 0.268 e. The summed E-state index contributed by atoms with van der Waals surface area (Å²) in [6.45, 7) is 1.84. The predicted octanol–water partition coefficient (Wildman–Crippen LogP) is 2.59. The Morgan fingerprint density at radius 3 is 2.48 bits per heavy atom. The zero-order chi connectivity index (χ0) is 19.4. The molecular weight excluding hydrogens is 346 g/mol. The van der Waals surface area contributed by atoms with E-state index in [0.717, 1.165) is 17.6 Å². The largest absolute Gasteiger partial charge is 0.497 e. The quantitative estimate of drug-likeness (QED) is 0.659. The van der Waals surface area contributed by atoms with Crippen LogP contribution in [0.15, 0.2) is 41.0 Å². The first-order chi connectivity index (χ1) is 13.0. The highest BCUT2D eigenvalue weighted by Gasteiger charge is 2.18. The number of ether oxygens (including phenoxy) is 2. The number of hydrogen-bond donors (Lipinski definition) is 1. The topological polar surface area (TPSA) is 68.9 Å². The lowest BCUT2D eigenvalue weighted by Crippen LogP contribution is -2.32. The van der Waals surface area contributed by atoms with E-state index in [0.29, 0.717) is 35.9 Å². The minimum atomic E-state index is -0.127. The van der Waals surface area contributed by atoms with Crippen molar-refractivity contribution in [1.82, 2.24) is 14.8 Å². The van der Waals surface area contributed by atoms with Gasteiger partial charge in [-0.3, -0.25) is 4.79 Å². The molecule has 0 aliphatic rings. The first-order valence-corrected chi connectivity index (χ1v) is 8.73. The van der Waals surface area contributed by atoms with Crippen LogP contribution in [0.4, 0.5) is 0 Å². The van der Waals surface area contributed by atoms with Crippen LogP contribution in [0.1, 0.15) is 16.1 Å². The van der Waals surface area contributed by atoms with E-state index in [1.807, 2.05) is 47.8 Å². The van der Waals surface area contributed by atoms with Gasteiger partial charge in [0.25, 0.3) is 5.91 Å². The molecule has 144 valence electrons. The fourth-order valence-electron chi connectivity index (χ4n) is 2.96. The van der Waals surface area contributed by atoms with E-state index in [2.05, 4.69) is 5.32 Å². The van der Waals surface area contributed by atoms with Gasteiger partial charge in [-0.2, -0.15) is 0 Å². The Balaban J connectivity index is 1.91. The summed E-state index contributed by atoms with van der Waals surface area (Å²) in [5.74, 6) is 1.28. The van der Waals surface area contributed by atoms with Crippen LogP contribution in [0, 0.1) is 0 Å². The number of nitrogens with zero attached hydrogens (tertiary/aromatic N) is 2. The molecule has 1 N–H and O–H groups in total. The standard InChI is InChI=1S/C20H25N3O4/c1-22(2)7-6-21-20(24)18-12-19-17(5-8-27-19)23(18)13-14-9-15(25-3)11-16(10-14)26-4/h5,8-12H,6-7,13H2,1-4H3,(H,21,24). The number of aromatic nitrogens is 1. The van der Waals surface area contributed by atoms with Gasteiger partial charge in [-0.25, -0.2) is 0 Å². The molecule has 0 spiro atoms. The number of nitrogens with one attached hydrogen (secondary N) is 1. The van der Waals surface area contributed by atoms with E-state index < -0.39 is 0 Å². The molecule has 0 aliphatic carbocycles. The van der Waals surface area contributed by atoms with Gasteiger partial charge in [-0.05, 0) is 31.8 Å². The number of carbonyl (C=O) groups is 1. The minimum Gasteiger partial charge on any atom is -0.497 e. The summed E-state index contributed by atoms with van der Waals surface area (Å²) in [7, 11) is 7.18. The number of carbonyl (C=O) groups excluding carboxylic acids is 1. The van der Waals surface area contributed by atoms with Crippen molar-refractivity contribution in [2.24, 2.45) is 0 Å². The maximum Gasteiger partial charge on any atom is 0.268 e. The van der Waals surface area contributed by atoms with Crippen molar-refractivity contribution in [1.29, 1.82) is 0 Å². The Morgan fingerprint density at radius 1 is 1.15 bits per heavy atom. The van der Waals surface area contributed by atoms with E-state index >= 15 is 0 Å². The Labute approximate surface area is 158 Å². The molecule has 7 nitrogen and oxygen atoms in total. The number of fused-ring (bicyclic) bond motifs is 1. The van der Waals surface area contributed by atoms with Crippen LogP contribution in [-0.4, -0.2) is 56.8 Å². The van der Waals surface area contributed by atoms with Crippen LogP contribution in [0.25, 0.3) is 11.1 Å². The highest BCUT2D eigenvalue weighted by molar-refractivity contribution is 5.97. The highest BCUT2D eigenvalue weighted by Crippen LogP contribution is 2.26. The summed E-state index contributed by atoms with van der Waals surface area (Å²) in [6.07, 6.45) is 1.63. The van der Waals surface area contributed by atoms with Gasteiger partial charge in [0.1, 0.15) is 17.2 Å². The molecule has 0 aliphatic heterocycles. The number of hydrogen-bond acceptors (Lipinski definition) is 5. The molecule has 0 atom stereocenters. The first kappa shape index (κ1) is 18.8. The van der Waals surface area contributed by atoms with Crippen molar-refractivity contribution in [3.05, 3.63) is 47.9 Å². The lowest BCUT2D eigenvalue weighted by atomic mass is 10.2. The molecule has 0 fully saturated rings. The third-order valence-electron chi connectivity index (χ3n) is 4.35. The zero-order valence-electron chi connectivity index (χ0n) is 16.1. The molecule has 2 aromatic heterocycles. The Morgan fingerprint density at radius 2 is 1.85 bits per heavy atom. The summed E-state index contributed by atoms with van der Waals surface area (Å²) in [4.78, 5) is 14.7. The molecular formula is C20H25N3O4. The lowest BCUT2D eigenvalue weighted by Gasteiger charge is -2.14. The van der Waals surface area contributed by atoms with Crippen molar-refractivity contribution < 1.29 is 18.7 Å². The third-order valence-corrected chi connectivity index (χ3v) is 4.35. The molecule has 27 heavy (non-hydrogen) atoms. The Bertz CT molecular complexity index is 904. The van der Waals surface area contributed by atoms with Crippen molar-refractivity contribution in [3.8, 4) is 11.5 Å². The average molecular weight is 371 g/mol. The molecule has 3 aromatic rings. The normalized spacial score (nSPS) is 11.1. The van der Waals surface area contributed by atoms with Crippen LogP contribution < -0.4 is 14.8 Å². The predicted molar refractivity (Wildman–Crippen MR) is 104 cm³/mol. The number of likely N-dealkylation sites (N-methyl/N-ethyl adjacent to an activating group) is 1. The van der Waals surface area contributed by atoms with Gasteiger partial charge < -0.3 is 28.7 Å². The molecule has 2 heterocycles. The fraction of sp³-hybridized carbons (Fsp3) is 0.350. The molecule has 0 saturated carbocycles.